The summed E-state index contributed by atoms with van der Waals surface area (Å²) in [6.45, 7) is 0.383. The number of hydrogen-bond donors (Lipinski definition) is 2. The standard InChI is InChI=1S/C14H12Cl2N2O2/c15-10-2-1-9(12(16)7-10)3-6-18-14(20)11-8-17-5-4-13(11)19/h1-2,4-5,7-8H,3,6H2,(H,17,19)(H,18,20). The Labute approximate surface area is 125 Å². The van der Waals surface area contributed by atoms with Crippen molar-refractivity contribution in [3.05, 3.63) is 68.1 Å². The minimum Gasteiger partial charge on any atom is -0.367 e. The Balaban J connectivity index is 1.95. The summed E-state index contributed by atoms with van der Waals surface area (Å²) in [6, 6.07) is 6.52. The highest BCUT2D eigenvalue weighted by atomic mass is 35.5. The van der Waals surface area contributed by atoms with Gasteiger partial charge in [-0.3, -0.25) is 9.59 Å². The van der Waals surface area contributed by atoms with Gasteiger partial charge in [0.15, 0.2) is 5.43 Å². The average Bonchev–Trinajstić information content (AvgIpc) is 2.41. The number of rotatable bonds is 4. The van der Waals surface area contributed by atoms with Crippen LogP contribution in [0.1, 0.15) is 15.9 Å². The Morgan fingerprint density at radius 1 is 1.25 bits per heavy atom. The van der Waals surface area contributed by atoms with E-state index in [0.717, 1.165) is 5.56 Å². The Hall–Kier alpha value is -1.78. The maximum Gasteiger partial charge on any atom is 0.256 e. The first-order chi connectivity index (χ1) is 9.58. The van der Waals surface area contributed by atoms with Gasteiger partial charge in [0.05, 0.1) is 0 Å². The second-order valence-electron chi connectivity index (χ2n) is 4.16. The minimum atomic E-state index is -0.406. The van der Waals surface area contributed by atoms with Gasteiger partial charge in [0.25, 0.3) is 5.91 Å². The average molecular weight is 311 g/mol. The molecule has 6 heteroatoms. The molecule has 0 saturated carbocycles. The van der Waals surface area contributed by atoms with E-state index in [4.69, 9.17) is 23.2 Å². The Kier molecular flexibility index (Phi) is 4.82. The highest BCUT2D eigenvalue weighted by molar-refractivity contribution is 6.35. The van der Waals surface area contributed by atoms with Crippen LogP contribution in [0.15, 0.2) is 41.5 Å². The summed E-state index contributed by atoms with van der Waals surface area (Å²) in [4.78, 5) is 26.0. The lowest BCUT2D eigenvalue weighted by Crippen LogP contribution is -2.30. The number of H-pyrrole nitrogens is 1. The summed E-state index contributed by atoms with van der Waals surface area (Å²) in [6.07, 6.45) is 3.42. The number of aromatic amines is 1. The maximum atomic E-state index is 11.8. The lowest BCUT2D eigenvalue weighted by Gasteiger charge is -2.06. The molecule has 4 nitrogen and oxygen atoms in total. The molecule has 2 rings (SSSR count). The highest BCUT2D eigenvalue weighted by Gasteiger charge is 2.09. The zero-order chi connectivity index (χ0) is 14.5. The summed E-state index contributed by atoms with van der Waals surface area (Å²) in [7, 11) is 0. The van der Waals surface area contributed by atoms with Crippen LogP contribution in [-0.2, 0) is 6.42 Å². The fourth-order valence-electron chi connectivity index (χ4n) is 1.72. The van der Waals surface area contributed by atoms with E-state index in [2.05, 4.69) is 10.3 Å². The van der Waals surface area contributed by atoms with Crippen molar-refractivity contribution >= 4 is 29.1 Å². The highest BCUT2D eigenvalue weighted by Crippen LogP contribution is 2.20. The van der Waals surface area contributed by atoms with Gasteiger partial charge in [-0.1, -0.05) is 29.3 Å². The molecule has 0 bridgehead atoms. The number of halogens is 2. The summed E-state index contributed by atoms with van der Waals surface area (Å²) < 4.78 is 0. The van der Waals surface area contributed by atoms with Gasteiger partial charge in [0.2, 0.25) is 0 Å². The molecule has 1 amide bonds. The molecule has 0 unspecified atom stereocenters. The molecule has 1 aromatic heterocycles. The molecule has 0 radical (unpaired) electrons. The predicted octanol–water partition coefficient (Wildman–Crippen LogP) is 2.65. The van der Waals surface area contributed by atoms with Crippen molar-refractivity contribution in [1.82, 2.24) is 10.3 Å². The number of nitrogens with one attached hydrogen (secondary N) is 2. The molecule has 20 heavy (non-hydrogen) atoms. The van der Waals surface area contributed by atoms with Crippen molar-refractivity contribution in [2.45, 2.75) is 6.42 Å². The monoisotopic (exact) mass is 310 g/mol. The van der Waals surface area contributed by atoms with E-state index in [-0.39, 0.29) is 11.0 Å². The second-order valence-corrected chi connectivity index (χ2v) is 5.01. The Morgan fingerprint density at radius 3 is 2.75 bits per heavy atom. The van der Waals surface area contributed by atoms with E-state index in [0.29, 0.717) is 23.0 Å². The van der Waals surface area contributed by atoms with Gasteiger partial charge in [-0.25, -0.2) is 0 Å². The fraction of sp³-hybridized carbons (Fsp3) is 0.143. The van der Waals surface area contributed by atoms with E-state index in [1.54, 1.807) is 12.1 Å². The third kappa shape index (κ3) is 3.62. The summed E-state index contributed by atoms with van der Waals surface area (Å²) in [5.41, 5.74) is 0.666. The summed E-state index contributed by atoms with van der Waals surface area (Å²) >= 11 is 11.8. The van der Waals surface area contributed by atoms with E-state index >= 15 is 0 Å². The van der Waals surface area contributed by atoms with Crippen LogP contribution in [-0.4, -0.2) is 17.4 Å². The van der Waals surface area contributed by atoms with E-state index in [9.17, 15) is 9.59 Å². The fourth-order valence-corrected chi connectivity index (χ4v) is 2.23. The smallest absolute Gasteiger partial charge is 0.256 e. The lowest BCUT2D eigenvalue weighted by atomic mass is 10.1. The zero-order valence-electron chi connectivity index (χ0n) is 10.5. The van der Waals surface area contributed by atoms with Crippen molar-refractivity contribution in [3.8, 4) is 0 Å². The second kappa shape index (κ2) is 6.59. The van der Waals surface area contributed by atoms with Crippen molar-refractivity contribution in [2.24, 2.45) is 0 Å². The molecule has 1 aromatic carbocycles. The molecule has 104 valence electrons. The first-order valence-electron chi connectivity index (χ1n) is 5.97. The van der Waals surface area contributed by atoms with Crippen LogP contribution in [0.5, 0.6) is 0 Å². The third-order valence-electron chi connectivity index (χ3n) is 2.76. The number of pyridine rings is 1. The van der Waals surface area contributed by atoms with Crippen molar-refractivity contribution in [1.29, 1.82) is 0 Å². The quantitative estimate of drug-likeness (QED) is 0.912. The number of amides is 1. The van der Waals surface area contributed by atoms with E-state index < -0.39 is 5.91 Å². The molecule has 0 saturated heterocycles. The first kappa shape index (κ1) is 14.6. The van der Waals surface area contributed by atoms with Crippen LogP contribution in [0, 0.1) is 0 Å². The molecule has 0 atom stereocenters. The van der Waals surface area contributed by atoms with Gasteiger partial charge >= 0.3 is 0 Å². The molecule has 0 aliphatic carbocycles. The van der Waals surface area contributed by atoms with Crippen LogP contribution < -0.4 is 10.7 Å². The summed E-state index contributed by atoms with van der Waals surface area (Å²) in [5.74, 6) is -0.406. The number of hydrogen-bond acceptors (Lipinski definition) is 2. The van der Waals surface area contributed by atoms with Crippen molar-refractivity contribution in [2.75, 3.05) is 6.54 Å². The van der Waals surface area contributed by atoms with Crippen molar-refractivity contribution < 1.29 is 4.79 Å². The first-order valence-corrected chi connectivity index (χ1v) is 6.73. The molecule has 2 aromatic rings. The molecule has 1 heterocycles. The van der Waals surface area contributed by atoms with Crippen molar-refractivity contribution in [3.63, 3.8) is 0 Å². The lowest BCUT2D eigenvalue weighted by molar-refractivity contribution is 0.0952. The zero-order valence-corrected chi connectivity index (χ0v) is 12.0. The molecule has 2 N–H and O–H groups in total. The van der Waals surface area contributed by atoms with Crippen LogP contribution in [0.2, 0.25) is 10.0 Å². The summed E-state index contributed by atoms with van der Waals surface area (Å²) in [5, 5.41) is 3.81. The number of carbonyl (C=O) groups is 1. The Bertz CT molecular complexity index is 683. The molecule has 0 aliphatic heterocycles. The van der Waals surface area contributed by atoms with Gasteiger partial charge in [0, 0.05) is 35.1 Å². The molecular weight excluding hydrogens is 299 g/mol. The Morgan fingerprint density at radius 2 is 2.05 bits per heavy atom. The SMILES string of the molecule is O=C(NCCc1ccc(Cl)cc1Cl)c1c[nH]ccc1=O. The van der Waals surface area contributed by atoms with Gasteiger partial charge in [-0.2, -0.15) is 0 Å². The van der Waals surface area contributed by atoms with Crippen LogP contribution in [0.25, 0.3) is 0 Å². The topological polar surface area (TPSA) is 62.0 Å². The van der Waals surface area contributed by atoms with E-state index in [1.165, 1.54) is 18.5 Å². The minimum absolute atomic E-state index is 0.0923. The maximum absolute atomic E-state index is 11.8. The molecule has 0 spiro atoms. The van der Waals surface area contributed by atoms with Gasteiger partial charge in [-0.15, -0.1) is 0 Å². The van der Waals surface area contributed by atoms with Crippen LogP contribution >= 0.6 is 23.2 Å². The third-order valence-corrected chi connectivity index (χ3v) is 3.35. The van der Waals surface area contributed by atoms with Crippen LogP contribution in [0.4, 0.5) is 0 Å². The predicted molar refractivity (Wildman–Crippen MR) is 79.6 cm³/mol. The van der Waals surface area contributed by atoms with Gasteiger partial charge in [0.1, 0.15) is 5.56 Å². The largest absolute Gasteiger partial charge is 0.367 e. The van der Waals surface area contributed by atoms with E-state index in [1.807, 2.05) is 6.07 Å². The molecule has 0 fully saturated rings. The van der Waals surface area contributed by atoms with Gasteiger partial charge in [-0.05, 0) is 24.1 Å². The molecular formula is C14H12Cl2N2O2. The number of benzene rings is 1. The number of aromatic nitrogens is 1. The normalized spacial score (nSPS) is 10.3. The van der Waals surface area contributed by atoms with Gasteiger partial charge < -0.3 is 10.3 Å². The molecule has 0 aliphatic rings. The van der Waals surface area contributed by atoms with Crippen LogP contribution in [0.3, 0.4) is 0 Å². The number of carbonyl (C=O) groups excluding carboxylic acids is 1.